The van der Waals surface area contributed by atoms with Crippen LogP contribution in [0.4, 0.5) is 8.78 Å². The van der Waals surface area contributed by atoms with E-state index in [1.54, 1.807) is 6.92 Å². The number of hydrogen-bond donors (Lipinski definition) is 1. The third-order valence-electron chi connectivity index (χ3n) is 3.70. The van der Waals surface area contributed by atoms with Gasteiger partial charge in [-0.25, -0.2) is 17.2 Å². The summed E-state index contributed by atoms with van der Waals surface area (Å²) in [5.74, 6) is -1.72. The summed E-state index contributed by atoms with van der Waals surface area (Å²) in [6.07, 6.45) is 1.56. The maximum Gasteiger partial charge on any atom is 0.243 e. The van der Waals surface area contributed by atoms with Gasteiger partial charge in [-0.3, -0.25) is 0 Å². The first-order chi connectivity index (χ1) is 9.34. The summed E-state index contributed by atoms with van der Waals surface area (Å²) in [6.45, 7) is 2.48. The zero-order chi connectivity index (χ0) is 14.9. The zero-order valence-electron chi connectivity index (χ0n) is 11.2. The Morgan fingerprint density at radius 1 is 1.25 bits per heavy atom. The van der Waals surface area contributed by atoms with Gasteiger partial charge in [0.2, 0.25) is 10.0 Å². The molecular formula is C13H18F2N2O2S. The lowest BCUT2D eigenvalue weighted by Gasteiger charge is -2.36. The van der Waals surface area contributed by atoms with Gasteiger partial charge in [-0.15, -0.1) is 0 Å². The van der Waals surface area contributed by atoms with Crippen molar-refractivity contribution in [3.05, 3.63) is 29.8 Å². The second-order valence-corrected chi connectivity index (χ2v) is 7.10. The van der Waals surface area contributed by atoms with Crippen LogP contribution in [0.3, 0.4) is 0 Å². The molecular weight excluding hydrogens is 286 g/mol. The summed E-state index contributed by atoms with van der Waals surface area (Å²) in [5, 5.41) is 0. The van der Waals surface area contributed by atoms with Crippen LogP contribution in [0.1, 0.15) is 19.8 Å². The molecule has 0 amide bonds. The van der Waals surface area contributed by atoms with Gasteiger partial charge in [0.25, 0.3) is 0 Å². The van der Waals surface area contributed by atoms with E-state index in [1.165, 1.54) is 4.31 Å². The molecule has 1 aromatic carbocycles. The molecule has 2 atom stereocenters. The molecule has 0 aromatic heterocycles. The quantitative estimate of drug-likeness (QED) is 0.924. The Labute approximate surface area is 117 Å². The largest absolute Gasteiger partial charge is 0.330 e. The lowest BCUT2D eigenvalue weighted by atomic mass is 9.96. The molecule has 0 saturated carbocycles. The highest BCUT2D eigenvalue weighted by Gasteiger charge is 2.34. The normalized spacial score (nSPS) is 24.8. The van der Waals surface area contributed by atoms with E-state index >= 15 is 0 Å². The maximum absolute atomic E-state index is 13.2. The first kappa shape index (κ1) is 15.3. The molecule has 1 aromatic rings. The molecule has 1 heterocycles. The number of piperidine rings is 1. The van der Waals surface area contributed by atoms with Gasteiger partial charge in [0.1, 0.15) is 11.6 Å². The van der Waals surface area contributed by atoms with Gasteiger partial charge in [0.15, 0.2) is 0 Å². The molecule has 1 aliphatic heterocycles. The van der Waals surface area contributed by atoms with E-state index in [-0.39, 0.29) is 23.4 Å². The van der Waals surface area contributed by atoms with E-state index < -0.39 is 21.7 Å². The number of halogens is 2. The summed E-state index contributed by atoms with van der Waals surface area (Å²) < 4.78 is 52.8. The molecule has 2 N–H and O–H groups in total. The van der Waals surface area contributed by atoms with Crippen LogP contribution in [0.25, 0.3) is 0 Å². The molecule has 1 saturated heterocycles. The van der Waals surface area contributed by atoms with Gasteiger partial charge >= 0.3 is 0 Å². The summed E-state index contributed by atoms with van der Waals surface area (Å²) in [5.41, 5.74) is 5.60. The fourth-order valence-corrected chi connectivity index (χ4v) is 4.27. The fourth-order valence-electron chi connectivity index (χ4n) is 2.49. The van der Waals surface area contributed by atoms with Gasteiger partial charge in [-0.2, -0.15) is 4.31 Å². The second-order valence-electron chi connectivity index (χ2n) is 5.21. The summed E-state index contributed by atoms with van der Waals surface area (Å²) in [7, 11) is -3.90. The Balaban J connectivity index is 2.37. The van der Waals surface area contributed by atoms with Crippen molar-refractivity contribution in [3.8, 4) is 0 Å². The number of benzene rings is 1. The lowest BCUT2D eigenvalue weighted by molar-refractivity contribution is 0.211. The van der Waals surface area contributed by atoms with Crippen LogP contribution in [0.15, 0.2) is 23.1 Å². The van der Waals surface area contributed by atoms with Crippen molar-refractivity contribution >= 4 is 10.0 Å². The molecule has 112 valence electrons. The SMILES string of the molecule is CC1CCC(CN)CN1S(=O)(=O)c1cc(F)cc(F)c1. The molecule has 1 fully saturated rings. The van der Waals surface area contributed by atoms with E-state index in [0.29, 0.717) is 19.0 Å². The molecule has 4 nitrogen and oxygen atoms in total. The van der Waals surface area contributed by atoms with Crippen molar-refractivity contribution in [3.63, 3.8) is 0 Å². The van der Waals surface area contributed by atoms with Gasteiger partial charge in [0, 0.05) is 18.7 Å². The van der Waals surface area contributed by atoms with Crippen molar-refractivity contribution in [1.82, 2.24) is 4.31 Å². The highest BCUT2D eigenvalue weighted by molar-refractivity contribution is 7.89. The van der Waals surface area contributed by atoms with Crippen molar-refractivity contribution in [2.45, 2.75) is 30.7 Å². The van der Waals surface area contributed by atoms with Gasteiger partial charge in [-0.1, -0.05) is 0 Å². The molecule has 0 aliphatic carbocycles. The highest BCUT2D eigenvalue weighted by atomic mass is 32.2. The van der Waals surface area contributed by atoms with E-state index in [9.17, 15) is 17.2 Å². The van der Waals surface area contributed by atoms with Crippen LogP contribution < -0.4 is 5.73 Å². The first-order valence-electron chi connectivity index (χ1n) is 6.52. The Bertz CT molecular complexity index is 572. The monoisotopic (exact) mass is 304 g/mol. The molecule has 0 spiro atoms. The molecule has 1 aliphatic rings. The third-order valence-corrected chi connectivity index (χ3v) is 5.66. The molecule has 2 unspecified atom stereocenters. The summed E-state index contributed by atoms with van der Waals surface area (Å²) in [4.78, 5) is -0.348. The van der Waals surface area contributed by atoms with E-state index in [0.717, 1.165) is 18.6 Å². The first-order valence-corrected chi connectivity index (χ1v) is 7.96. The fraction of sp³-hybridized carbons (Fsp3) is 0.538. The average molecular weight is 304 g/mol. The summed E-state index contributed by atoms with van der Waals surface area (Å²) >= 11 is 0. The van der Waals surface area contributed by atoms with Crippen LogP contribution >= 0.6 is 0 Å². The predicted molar refractivity (Wildman–Crippen MR) is 71.5 cm³/mol. The number of rotatable bonds is 3. The number of nitrogens with two attached hydrogens (primary N) is 1. The van der Waals surface area contributed by atoms with Crippen LogP contribution in [0, 0.1) is 17.6 Å². The van der Waals surface area contributed by atoms with Gasteiger partial charge < -0.3 is 5.73 Å². The van der Waals surface area contributed by atoms with Gasteiger partial charge in [-0.05, 0) is 44.4 Å². The molecule has 2 rings (SSSR count). The van der Waals surface area contributed by atoms with Crippen LogP contribution in [-0.2, 0) is 10.0 Å². The van der Waals surface area contributed by atoms with E-state index in [4.69, 9.17) is 5.73 Å². The number of nitrogens with zero attached hydrogens (tertiary/aromatic N) is 1. The molecule has 0 radical (unpaired) electrons. The topological polar surface area (TPSA) is 63.4 Å². The predicted octanol–water partition coefficient (Wildman–Crippen LogP) is 1.71. The van der Waals surface area contributed by atoms with Crippen LogP contribution in [0.5, 0.6) is 0 Å². The minimum absolute atomic E-state index is 0.0828. The molecule has 0 bridgehead atoms. The molecule has 7 heteroatoms. The Morgan fingerprint density at radius 3 is 2.40 bits per heavy atom. The standard InChI is InChI=1S/C13H18F2N2O2S/c1-9-2-3-10(7-16)8-17(9)20(18,19)13-5-11(14)4-12(15)6-13/h4-6,9-10H,2-3,7-8,16H2,1H3. The maximum atomic E-state index is 13.2. The average Bonchev–Trinajstić information content (AvgIpc) is 2.38. The zero-order valence-corrected chi connectivity index (χ0v) is 12.0. The Hall–Kier alpha value is -1.05. The smallest absolute Gasteiger partial charge is 0.243 e. The minimum Gasteiger partial charge on any atom is -0.330 e. The Kier molecular flexibility index (Phi) is 4.41. The summed E-state index contributed by atoms with van der Waals surface area (Å²) in [6, 6.07) is 2.14. The van der Waals surface area contributed by atoms with Crippen LogP contribution in [0.2, 0.25) is 0 Å². The van der Waals surface area contributed by atoms with Gasteiger partial charge in [0.05, 0.1) is 4.90 Å². The highest BCUT2D eigenvalue weighted by Crippen LogP contribution is 2.28. The number of sulfonamides is 1. The minimum atomic E-state index is -3.90. The van der Waals surface area contributed by atoms with Crippen molar-refractivity contribution in [2.75, 3.05) is 13.1 Å². The Morgan fingerprint density at radius 2 is 1.85 bits per heavy atom. The van der Waals surface area contributed by atoms with E-state index in [2.05, 4.69) is 0 Å². The molecule has 20 heavy (non-hydrogen) atoms. The van der Waals surface area contributed by atoms with E-state index in [1.807, 2.05) is 0 Å². The lowest BCUT2D eigenvalue weighted by Crippen LogP contribution is -2.47. The van der Waals surface area contributed by atoms with Crippen LogP contribution in [-0.4, -0.2) is 31.9 Å². The third kappa shape index (κ3) is 2.99. The van der Waals surface area contributed by atoms with Crippen molar-refractivity contribution < 1.29 is 17.2 Å². The van der Waals surface area contributed by atoms with Crippen molar-refractivity contribution in [1.29, 1.82) is 0 Å². The second kappa shape index (κ2) is 5.75. The van der Waals surface area contributed by atoms with Crippen molar-refractivity contribution in [2.24, 2.45) is 11.7 Å². The number of hydrogen-bond acceptors (Lipinski definition) is 3.